The van der Waals surface area contributed by atoms with Crippen molar-refractivity contribution in [2.24, 2.45) is 0 Å². The summed E-state index contributed by atoms with van der Waals surface area (Å²) in [7, 11) is 0. The molecule has 1 aliphatic carbocycles. The number of ketones is 1. The van der Waals surface area contributed by atoms with E-state index in [1.807, 2.05) is 18.2 Å². The highest BCUT2D eigenvalue weighted by molar-refractivity contribution is 6.26. The molecule has 3 aromatic rings. The molecule has 0 radical (unpaired) electrons. The molecular formula is C24H24N2O5. The molecule has 0 unspecified atom stereocenters. The molecule has 1 heterocycles. The second-order valence-electron chi connectivity index (χ2n) is 8.36. The Bertz CT molecular complexity index is 1240. The highest BCUT2D eigenvalue weighted by Crippen LogP contribution is 2.38. The number of carbonyl (C=O) groups is 2. The number of benzene rings is 2. The van der Waals surface area contributed by atoms with E-state index in [9.17, 15) is 14.4 Å². The summed E-state index contributed by atoms with van der Waals surface area (Å²) in [6.45, 7) is 5.89. The summed E-state index contributed by atoms with van der Waals surface area (Å²) in [4.78, 5) is 43.9. The van der Waals surface area contributed by atoms with Crippen LogP contribution >= 0.6 is 0 Å². The number of hydrogen-bond acceptors (Lipinski definition) is 5. The van der Waals surface area contributed by atoms with Gasteiger partial charge in [0.15, 0.2) is 5.78 Å². The van der Waals surface area contributed by atoms with Gasteiger partial charge in [-0.3, -0.25) is 9.59 Å². The molecule has 0 fully saturated rings. The molecule has 2 aromatic carbocycles. The first-order chi connectivity index (χ1) is 14.8. The number of rotatable bonds is 5. The summed E-state index contributed by atoms with van der Waals surface area (Å²) in [6.07, 6.45) is -0.0427. The molecule has 0 bridgehead atoms. The summed E-state index contributed by atoms with van der Waals surface area (Å²) >= 11 is 0. The van der Waals surface area contributed by atoms with Crippen molar-refractivity contribution in [2.45, 2.75) is 32.8 Å². The smallest absolute Gasteiger partial charge is 0.407 e. The fourth-order valence-electron chi connectivity index (χ4n) is 3.68. The fourth-order valence-corrected chi connectivity index (χ4v) is 3.68. The molecule has 0 saturated heterocycles. The van der Waals surface area contributed by atoms with Gasteiger partial charge in [0.25, 0.3) is 5.56 Å². The van der Waals surface area contributed by atoms with Gasteiger partial charge in [-0.05, 0) is 26.8 Å². The van der Waals surface area contributed by atoms with E-state index in [1.54, 1.807) is 51.1 Å². The minimum Gasteiger partial charge on any atom is -0.444 e. The lowest BCUT2D eigenvalue weighted by atomic mass is 10.0. The van der Waals surface area contributed by atoms with Crippen molar-refractivity contribution in [2.75, 3.05) is 13.2 Å². The van der Waals surface area contributed by atoms with Crippen LogP contribution in [-0.2, 0) is 4.74 Å². The standard InChI is InChI=1S/C24H24N2O5/c1-24(2,3)31-23(29)25-13-8-14-30-26-20-16-10-5-6-11-17(16)21(27)19(20)15-9-4-7-12-18(15)22(26)28/h4-7,9-12H,8,13-14H2,1-3H3,(H,25,29). The van der Waals surface area contributed by atoms with E-state index in [0.29, 0.717) is 46.1 Å². The first kappa shape index (κ1) is 20.7. The molecule has 160 valence electrons. The van der Waals surface area contributed by atoms with Crippen molar-refractivity contribution in [1.29, 1.82) is 0 Å². The maximum Gasteiger partial charge on any atom is 0.407 e. The molecule has 1 N–H and O–H groups in total. The number of carbonyl (C=O) groups excluding carboxylic acids is 2. The van der Waals surface area contributed by atoms with E-state index >= 15 is 0 Å². The Labute approximate surface area is 179 Å². The van der Waals surface area contributed by atoms with Gasteiger partial charge in [-0.1, -0.05) is 42.5 Å². The van der Waals surface area contributed by atoms with Crippen LogP contribution in [0.5, 0.6) is 0 Å². The van der Waals surface area contributed by atoms with E-state index < -0.39 is 11.7 Å². The fraction of sp³-hybridized carbons (Fsp3) is 0.292. The molecular weight excluding hydrogens is 396 g/mol. The number of nitrogens with zero attached hydrogens (tertiary/aromatic N) is 1. The lowest BCUT2D eigenvalue weighted by molar-refractivity contribution is 0.0516. The Morgan fingerprint density at radius 1 is 0.968 bits per heavy atom. The highest BCUT2D eigenvalue weighted by Gasteiger charge is 2.33. The third-order valence-corrected chi connectivity index (χ3v) is 4.91. The molecule has 31 heavy (non-hydrogen) atoms. The van der Waals surface area contributed by atoms with Crippen molar-refractivity contribution in [1.82, 2.24) is 10.0 Å². The van der Waals surface area contributed by atoms with Crippen LogP contribution in [0.3, 0.4) is 0 Å². The number of ether oxygens (including phenoxy) is 1. The van der Waals surface area contributed by atoms with Gasteiger partial charge in [0.2, 0.25) is 0 Å². The van der Waals surface area contributed by atoms with Crippen molar-refractivity contribution in [3.63, 3.8) is 0 Å². The molecule has 1 amide bonds. The van der Waals surface area contributed by atoms with Gasteiger partial charge < -0.3 is 14.9 Å². The van der Waals surface area contributed by atoms with E-state index in [0.717, 1.165) is 0 Å². The van der Waals surface area contributed by atoms with Gasteiger partial charge in [-0.15, -0.1) is 4.73 Å². The van der Waals surface area contributed by atoms with Gasteiger partial charge in [-0.2, -0.15) is 0 Å². The van der Waals surface area contributed by atoms with Gasteiger partial charge >= 0.3 is 6.09 Å². The summed E-state index contributed by atoms with van der Waals surface area (Å²) in [5, 5.41) is 3.71. The molecule has 7 heteroatoms. The maximum absolute atomic E-state index is 13.2. The van der Waals surface area contributed by atoms with Crippen LogP contribution in [0.2, 0.25) is 0 Å². The summed E-state index contributed by atoms with van der Waals surface area (Å²) in [5.74, 6) is -0.120. The van der Waals surface area contributed by atoms with Crippen LogP contribution in [0, 0.1) is 0 Å². The topological polar surface area (TPSA) is 86.6 Å². The summed E-state index contributed by atoms with van der Waals surface area (Å²) in [6, 6.07) is 14.3. The number of nitrogens with one attached hydrogen (secondary N) is 1. The van der Waals surface area contributed by atoms with E-state index in [4.69, 9.17) is 9.57 Å². The minimum absolute atomic E-state index is 0.120. The zero-order valence-corrected chi connectivity index (χ0v) is 17.7. The first-order valence-corrected chi connectivity index (χ1v) is 10.2. The molecule has 0 saturated carbocycles. The number of amides is 1. The summed E-state index contributed by atoms with van der Waals surface area (Å²) in [5.41, 5.74) is 1.29. The van der Waals surface area contributed by atoms with E-state index in [2.05, 4.69) is 5.32 Å². The maximum atomic E-state index is 13.2. The van der Waals surface area contributed by atoms with Crippen molar-refractivity contribution in [3.05, 3.63) is 70.0 Å². The van der Waals surface area contributed by atoms with E-state index in [1.165, 1.54) is 4.73 Å². The SMILES string of the molecule is CC(C)(C)OC(=O)NCCCOn1c2c(c3ccccc3c1=O)C(=O)c1ccccc1-2. The second-order valence-corrected chi connectivity index (χ2v) is 8.36. The third kappa shape index (κ3) is 3.91. The predicted octanol–water partition coefficient (Wildman–Crippen LogP) is 3.56. The van der Waals surface area contributed by atoms with Gasteiger partial charge in [0.1, 0.15) is 17.9 Å². The average molecular weight is 420 g/mol. The highest BCUT2D eigenvalue weighted by atomic mass is 16.7. The zero-order chi connectivity index (χ0) is 22.2. The molecule has 0 atom stereocenters. The molecule has 4 rings (SSSR count). The van der Waals surface area contributed by atoms with Gasteiger partial charge in [-0.25, -0.2) is 4.79 Å². The average Bonchev–Trinajstić information content (AvgIpc) is 3.02. The Morgan fingerprint density at radius 2 is 1.61 bits per heavy atom. The van der Waals surface area contributed by atoms with Crippen LogP contribution < -0.4 is 15.7 Å². The number of alkyl carbamates (subject to hydrolysis) is 1. The number of fused-ring (bicyclic) bond motifs is 5. The van der Waals surface area contributed by atoms with Crippen LogP contribution in [0.25, 0.3) is 22.0 Å². The van der Waals surface area contributed by atoms with Gasteiger partial charge in [0.05, 0.1) is 10.9 Å². The van der Waals surface area contributed by atoms with Crippen LogP contribution in [-0.4, -0.2) is 35.4 Å². The molecule has 7 nitrogen and oxygen atoms in total. The number of pyridine rings is 1. The van der Waals surface area contributed by atoms with Crippen LogP contribution in [0.15, 0.2) is 53.3 Å². The normalized spacial score (nSPS) is 12.4. The monoisotopic (exact) mass is 420 g/mol. The van der Waals surface area contributed by atoms with Crippen molar-refractivity contribution >= 4 is 22.6 Å². The molecule has 0 spiro atoms. The van der Waals surface area contributed by atoms with Crippen LogP contribution in [0.1, 0.15) is 43.1 Å². The predicted molar refractivity (Wildman–Crippen MR) is 117 cm³/mol. The van der Waals surface area contributed by atoms with Crippen molar-refractivity contribution < 1.29 is 19.2 Å². The molecule has 0 aliphatic heterocycles. The zero-order valence-electron chi connectivity index (χ0n) is 17.7. The van der Waals surface area contributed by atoms with E-state index in [-0.39, 0.29) is 17.9 Å². The van der Waals surface area contributed by atoms with Crippen LogP contribution in [0.4, 0.5) is 4.79 Å². The Balaban J connectivity index is 1.60. The molecule has 1 aromatic heterocycles. The third-order valence-electron chi connectivity index (χ3n) is 4.91. The lowest BCUT2D eigenvalue weighted by Gasteiger charge is -2.19. The Morgan fingerprint density at radius 3 is 2.32 bits per heavy atom. The largest absolute Gasteiger partial charge is 0.444 e. The lowest BCUT2D eigenvalue weighted by Crippen LogP contribution is -2.34. The number of hydrogen-bond donors (Lipinski definition) is 1. The Kier molecular flexibility index (Phi) is 5.27. The van der Waals surface area contributed by atoms with Gasteiger partial charge in [0, 0.05) is 29.5 Å². The second kappa shape index (κ2) is 7.91. The quantitative estimate of drug-likeness (QED) is 0.499. The molecule has 1 aliphatic rings. The first-order valence-electron chi connectivity index (χ1n) is 10.2. The minimum atomic E-state index is -0.570. The number of aromatic nitrogens is 1. The van der Waals surface area contributed by atoms with Crippen molar-refractivity contribution in [3.8, 4) is 11.3 Å². The Hall–Kier alpha value is -3.61. The summed E-state index contributed by atoms with van der Waals surface area (Å²) < 4.78 is 6.41.